The van der Waals surface area contributed by atoms with Crippen molar-refractivity contribution in [3.05, 3.63) is 39.7 Å². The first-order valence-electron chi connectivity index (χ1n) is 10.4. The maximum atomic E-state index is 13.0. The minimum absolute atomic E-state index is 0.0285. The first-order chi connectivity index (χ1) is 13.8. The summed E-state index contributed by atoms with van der Waals surface area (Å²) < 4.78 is 11.4. The Balaban J connectivity index is 1.48. The van der Waals surface area contributed by atoms with Gasteiger partial charge in [-0.2, -0.15) is 0 Å². The van der Waals surface area contributed by atoms with Gasteiger partial charge in [0.15, 0.2) is 6.10 Å². The lowest BCUT2D eigenvalue weighted by molar-refractivity contribution is -0.141. The number of hydrogen-bond acceptors (Lipinski definition) is 5. The number of rotatable bonds is 4. The summed E-state index contributed by atoms with van der Waals surface area (Å²) in [6.07, 6.45) is 1.80. The Bertz CT molecular complexity index is 982. The quantitative estimate of drug-likeness (QED) is 0.741. The van der Waals surface area contributed by atoms with Crippen molar-refractivity contribution in [3.63, 3.8) is 0 Å². The molecule has 2 heterocycles. The predicted molar refractivity (Wildman–Crippen MR) is 112 cm³/mol. The molecule has 6 nitrogen and oxygen atoms in total. The van der Waals surface area contributed by atoms with Crippen LogP contribution in [0.4, 0.5) is 0 Å². The van der Waals surface area contributed by atoms with E-state index < -0.39 is 6.10 Å². The van der Waals surface area contributed by atoms with Crippen molar-refractivity contribution in [1.29, 1.82) is 0 Å². The van der Waals surface area contributed by atoms with Gasteiger partial charge >= 0.3 is 5.63 Å². The van der Waals surface area contributed by atoms with Crippen molar-refractivity contribution < 1.29 is 13.9 Å². The van der Waals surface area contributed by atoms with Crippen molar-refractivity contribution in [2.45, 2.75) is 45.8 Å². The largest absolute Gasteiger partial charge is 0.481 e. The Morgan fingerprint density at radius 3 is 2.45 bits per heavy atom. The minimum atomic E-state index is -0.582. The van der Waals surface area contributed by atoms with Crippen molar-refractivity contribution in [2.75, 3.05) is 27.2 Å². The third-order valence-corrected chi connectivity index (χ3v) is 6.78. The van der Waals surface area contributed by atoms with Gasteiger partial charge in [-0.1, -0.05) is 0 Å². The van der Waals surface area contributed by atoms with Crippen LogP contribution in [-0.2, 0) is 4.79 Å². The van der Waals surface area contributed by atoms with Crippen LogP contribution in [0.3, 0.4) is 0 Å². The second-order valence-corrected chi connectivity index (χ2v) is 8.85. The van der Waals surface area contributed by atoms with Crippen LogP contribution in [0.15, 0.2) is 27.4 Å². The molecule has 2 unspecified atom stereocenters. The first-order valence-corrected chi connectivity index (χ1v) is 10.4. The molecule has 0 radical (unpaired) electrons. The maximum absolute atomic E-state index is 13.0. The van der Waals surface area contributed by atoms with E-state index in [1.807, 2.05) is 24.0 Å². The zero-order chi connectivity index (χ0) is 20.9. The van der Waals surface area contributed by atoms with Crippen LogP contribution in [0.1, 0.15) is 30.9 Å². The summed E-state index contributed by atoms with van der Waals surface area (Å²) in [5, 5.41) is 0.885. The molecule has 156 valence electrons. The Hall–Kier alpha value is -2.34. The molecule has 1 aromatic heterocycles. The van der Waals surface area contributed by atoms with Gasteiger partial charge in [0.05, 0.1) is 0 Å². The Morgan fingerprint density at radius 2 is 1.83 bits per heavy atom. The summed E-state index contributed by atoms with van der Waals surface area (Å²) in [5.74, 6) is 1.65. The number of amides is 1. The zero-order valence-corrected chi connectivity index (χ0v) is 17.9. The molecule has 2 aliphatic rings. The summed E-state index contributed by atoms with van der Waals surface area (Å²) in [6.45, 7) is 7.07. The molecule has 1 saturated heterocycles. The van der Waals surface area contributed by atoms with Crippen LogP contribution in [0, 0.1) is 25.7 Å². The monoisotopic (exact) mass is 398 g/mol. The van der Waals surface area contributed by atoms with E-state index in [-0.39, 0.29) is 11.5 Å². The van der Waals surface area contributed by atoms with Gasteiger partial charge in [0.25, 0.3) is 5.91 Å². The number of carbonyl (C=O) groups excluding carboxylic acids is 1. The highest BCUT2D eigenvalue weighted by Crippen LogP contribution is 2.39. The number of hydrogen-bond donors (Lipinski definition) is 0. The summed E-state index contributed by atoms with van der Waals surface area (Å²) in [5.41, 5.74) is 1.67. The highest BCUT2D eigenvalue weighted by Gasteiger charge is 2.44. The minimum Gasteiger partial charge on any atom is -0.481 e. The standard InChI is InChI=1S/C23H30N2O4/c1-13-14(2)23(27)29-20-10-18(8-9-19(13)20)28-15(3)22(26)25-11-16-6-7-17(12-25)21(16)24(4)5/h8-10,15-17,21H,6-7,11-12H2,1-5H3/t15?,16-,17+,21?. The smallest absolute Gasteiger partial charge is 0.339 e. The molecular formula is C23H30N2O4. The van der Waals surface area contributed by atoms with Gasteiger partial charge in [-0.25, -0.2) is 4.79 Å². The highest BCUT2D eigenvalue weighted by atomic mass is 16.5. The van der Waals surface area contributed by atoms with E-state index in [1.165, 1.54) is 12.8 Å². The van der Waals surface area contributed by atoms with E-state index in [1.54, 1.807) is 19.9 Å². The summed E-state index contributed by atoms with van der Waals surface area (Å²) in [4.78, 5) is 29.3. The molecule has 1 aromatic carbocycles. The summed E-state index contributed by atoms with van der Waals surface area (Å²) >= 11 is 0. The highest BCUT2D eigenvalue weighted by molar-refractivity contribution is 5.83. The Labute approximate surface area is 171 Å². The Morgan fingerprint density at radius 1 is 1.17 bits per heavy atom. The van der Waals surface area contributed by atoms with Gasteiger partial charge in [-0.15, -0.1) is 0 Å². The topological polar surface area (TPSA) is 63.0 Å². The lowest BCUT2D eigenvalue weighted by atomic mass is 9.91. The molecule has 4 atom stereocenters. The fraction of sp³-hybridized carbons (Fsp3) is 0.565. The molecule has 1 aliphatic heterocycles. The number of fused-ring (bicyclic) bond motifs is 3. The first kappa shape index (κ1) is 20.0. The molecule has 2 aromatic rings. The Kier molecular flexibility index (Phi) is 5.15. The second kappa shape index (κ2) is 7.48. The van der Waals surface area contributed by atoms with E-state index in [4.69, 9.17) is 9.15 Å². The molecule has 1 aliphatic carbocycles. The van der Waals surface area contributed by atoms with E-state index in [0.717, 1.165) is 24.0 Å². The summed E-state index contributed by atoms with van der Waals surface area (Å²) in [7, 11) is 4.28. The van der Waals surface area contributed by atoms with Gasteiger partial charge in [0.2, 0.25) is 0 Å². The van der Waals surface area contributed by atoms with Gasteiger partial charge in [-0.3, -0.25) is 4.79 Å². The second-order valence-electron chi connectivity index (χ2n) is 8.85. The van der Waals surface area contributed by atoms with Crippen LogP contribution in [0.2, 0.25) is 0 Å². The van der Waals surface area contributed by atoms with Gasteiger partial charge < -0.3 is 19.0 Å². The van der Waals surface area contributed by atoms with Gasteiger partial charge in [-0.05, 0) is 77.2 Å². The lowest BCUT2D eigenvalue weighted by Crippen LogP contribution is -2.54. The number of aryl methyl sites for hydroxylation is 1. The normalized spacial score (nSPS) is 24.9. The number of ether oxygens (including phenoxy) is 1. The van der Waals surface area contributed by atoms with Crippen LogP contribution in [0.5, 0.6) is 5.75 Å². The number of likely N-dealkylation sites (tertiary alicyclic amines) is 1. The van der Waals surface area contributed by atoms with Gasteiger partial charge in [0, 0.05) is 36.1 Å². The SMILES string of the molecule is Cc1c(C)c2ccc(OC(C)C(=O)N3C[C@H]4CC[C@@H](C3)C4N(C)C)cc2oc1=O. The molecule has 0 N–H and O–H groups in total. The maximum Gasteiger partial charge on any atom is 0.339 e. The van der Waals surface area contributed by atoms with Crippen molar-refractivity contribution >= 4 is 16.9 Å². The average molecular weight is 399 g/mol. The average Bonchev–Trinajstić information content (AvgIpc) is 2.96. The number of benzene rings is 1. The number of nitrogens with zero attached hydrogens (tertiary/aromatic N) is 2. The third kappa shape index (κ3) is 3.54. The molecule has 2 fully saturated rings. The van der Waals surface area contributed by atoms with Crippen molar-refractivity contribution in [2.24, 2.45) is 11.8 Å². The van der Waals surface area contributed by atoms with Crippen LogP contribution in [0.25, 0.3) is 11.0 Å². The molecule has 1 amide bonds. The van der Waals surface area contributed by atoms with E-state index in [0.29, 0.717) is 34.8 Å². The molecule has 1 saturated carbocycles. The lowest BCUT2D eigenvalue weighted by Gasteiger charge is -2.41. The predicted octanol–water partition coefficient (Wildman–Crippen LogP) is 2.98. The van der Waals surface area contributed by atoms with Crippen LogP contribution in [-0.4, -0.2) is 55.0 Å². The van der Waals surface area contributed by atoms with E-state index >= 15 is 0 Å². The zero-order valence-electron chi connectivity index (χ0n) is 17.9. The van der Waals surface area contributed by atoms with E-state index in [9.17, 15) is 9.59 Å². The number of piperidine rings is 1. The van der Waals surface area contributed by atoms with Crippen molar-refractivity contribution in [3.8, 4) is 5.75 Å². The third-order valence-electron chi connectivity index (χ3n) is 6.78. The van der Waals surface area contributed by atoms with Crippen molar-refractivity contribution in [1.82, 2.24) is 9.80 Å². The molecular weight excluding hydrogens is 368 g/mol. The molecule has 6 heteroatoms. The van der Waals surface area contributed by atoms with Crippen LogP contribution < -0.4 is 10.4 Å². The molecule has 29 heavy (non-hydrogen) atoms. The fourth-order valence-corrected chi connectivity index (χ4v) is 5.23. The van der Waals surface area contributed by atoms with Gasteiger partial charge in [0.1, 0.15) is 11.3 Å². The van der Waals surface area contributed by atoms with Crippen LogP contribution >= 0.6 is 0 Å². The fourth-order valence-electron chi connectivity index (χ4n) is 5.23. The van der Waals surface area contributed by atoms with E-state index in [2.05, 4.69) is 19.0 Å². The number of carbonyl (C=O) groups is 1. The molecule has 2 bridgehead atoms. The molecule has 0 spiro atoms. The summed E-state index contributed by atoms with van der Waals surface area (Å²) in [6, 6.07) is 6.00. The molecule has 4 rings (SSSR count).